The van der Waals surface area contributed by atoms with Crippen LogP contribution in [-0.4, -0.2) is 38.8 Å². The molecule has 1 aromatic carbocycles. The molecular weight excluding hydrogens is 344 g/mol. The second-order valence-corrected chi connectivity index (χ2v) is 5.57. The van der Waals surface area contributed by atoms with Gasteiger partial charge < -0.3 is 14.4 Å². The minimum absolute atomic E-state index is 0. The number of hydrogen-bond donors (Lipinski definition) is 0. The summed E-state index contributed by atoms with van der Waals surface area (Å²) in [7, 11) is 5.60. The summed E-state index contributed by atoms with van der Waals surface area (Å²) in [5.41, 5.74) is 2.57. The van der Waals surface area contributed by atoms with Crippen LogP contribution in [0.3, 0.4) is 0 Å². The number of hydrogen-bond acceptors (Lipinski definition) is 4. The molecule has 1 unspecified atom stereocenters. The molecule has 0 radical (unpaired) electrons. The molecule has 1 atom stereocenters. The van der Waals surface area contributed by atoms with Crippen molar-refractivity contribution in [1.29, 1.82) is 5.26 Å². The molecule has 0 fully saturated rings. The van der Waals surface area contributed by atoms with Crippen LogP contribution in [0, 0.1) is 11.3 Å². The van der Waals surface area contributed by atoms with Crippen molar-refractivity contribution in [2.24, 2.45) is 0 Å². The molecule has 0 N–H and O–H groups in total. The van der Waals surface area contributed by atoms with Crippen molar-refractivity contribution in [2.45, 2.75) is 38.1 Å². The lowest BCUT2D eigenvalue weighted by atomic mass is 9.86. The Bertz CT molecular complexity index is 528. The fourth-order valence-electron chi connectivity index (χ4n) is 3.15. The van der Waals surface area contributed by atoms with Gasteiger partial charge in [-0.1, -0.05) is 0 Å². The van der Waals surface area contributed by atoms with E-state index in [0.29, 0.717) is 12.5 Å². The van der Waals surface area contributed by atoms with Crippen LogP contribution in [0.4, 0.5) is 0 Å². The van der Waals surface area contributed by atoms with E-state index in [4.69, 9.17) is 14.7 Å². The molecule has 0 aliphatic heterocycles. The van der Waals surface area contributed by atoms with E-state index < -0.39 is 0 Å². The van der Waals surface area contributed by atoms with Crippen LogP contribution >= 0.6 is 17.0 Å². The first-order chi connectivity index (χ1) is 10.2. The fraction of sp³-hybridized carbons (Fsp3) is 0.588. The van der Waals surface area contributed by atoms with Gasteiger partial charge in [0.05, 0.1) is 20.3 Å². The Kier molecular flexibility index (Phi) is 7.70. The van der Waals surface area contributed by atoms with Gasteiger partial charge in [0, 0.05) is 23.6 Å². The molecule has 2 rings (SSSR count). The molecule has 0 bridgehead atoms. The largest absolute Gasteiger partial charge is 0.496 e. The van der Waals surface area contributed by atoms with Crippen molar-refractivity contribution in [1.82, 2.24) is 4.90 Å². The highest BCUT2D eigenvalue weighted by molar-refractivity contribution is 8.93. The maximum atomic E-state index is 8.65. The van der Waals surface area contributed by atoms with Crippen molar-refractivity contribution < 1.29 is 9.47 Å². The monoisotopic (exact) mass is 368 g/mol. The molecule has 1 aliphatic carbocycles. The SMILES string of the molecule is Br.COc1ccc(OC)c2c1CCC(N(C)CCCC#N)C2. The van der Waals surface area contributed by atoms with Crippen LogP contribution in [0.2, 0.25) is 0 Å². The summed E-state index contributed by atoms with van der Waals surface area (Å²) in [5.74, 6) is 1.93. The summed E-state index contributed by atoms with van der Waals surface area (Å²) in [6, 6.07) is 6.71. The Morgan fingerprint density at radius 2 is 1.86 bits per heavy atom. The molecule has 0 saturated heterocycles. The van der Waals surface area contributed by atoms with Crippen LogP contribution in [0.5, 0.6) is 11.5 Å². The van der Waals surface area contributed by atoms with E-state index in [9.17, 15) is 0 Å². The highest BCUT2D eigenvalue weighted by Gasteiger charge is 2.26. The van der Waals surface area contributed by atoms with E-state index in [-0.39, 0.29) is 17.0 Å². The van der Waals surface area contributed by atoms with Gasteiger partial charge in [-0.25, -0.2) is 0 Å². The van der Waals surface area contributed by atoms with Gasteiger partial charge in [-0.3, -0.25) is 0 Å². The predicted molar refractivity (Wildman–Crippen MR) is 93.2 cm³/mol. The summed E-state index contributed by atoms with van der Waals surface area (Å²) >= 11 is 0. The Balaban J connectivity index is 0.00000242. The number of fused-ring (bicyclic) bond motifs is 1. The number of nitriles is 1. The summed E-state index contributed by atoms with van der Waals surface area (Å²) in [6.07, 6.45) is 4.69. The van der Waals surface area contributed by atoms with E-state index in [0.717, 1.165) is 43.7 Å². The van der Waals surface area contributed by atoms with Crippen molar-refractivity contribution in [3.05, 3.63) is 23.3 Å². The normalized spacial score (nSPS) is 16.4. The molecular formula is C17H25BrN2O2. The van der Waals surface area contributed by atoms with Crippen LogP contribution in [-0.2, 0) is 12.8 Å². The smallest absolute Gasteiger partial charge is 0.122 e. The standard InChI is InChI=1S/C17H24N2O2.BrH/c1-19(11-5-4-10-18)13-6-7-14-15(12-13)17(21-3)9-8-16(14)20-2;/h8-9,13H,4-7,11-12H2,1-3H3;1H. The van der Waals surface area contributed by atoms with Crippen LogP contribution in [0.15, 0.2) is 12.1 Å². The highest BCUT2D eigenvalue weighted by atomic mass is 79.9. The summed E-state index contributed by atoms with van der Waals surface area (Å²) < 4.78 is 11.0. The number of likely N-dealkylation sites (N-methyl/N-ethyl adjacent to an activating group) is 1. The second kappa shape index (κ2) is 9.02. The Labute approximate surface area is 143 Å². The van der Waals surface area contributed by atoms with Gasteiger partial charge in [0.25, 0.3) is 0 Å². The number of unbranched alkanes of at least 4 members (excludes halogenated alkanes) is 1. The molecule has 0 spiro atoms. The van der Waals surface area contributed by atoms with Gasteiger partial charge in [-0.15, -0.1) is 17.0 Å². The molecule has 0 aromatic heterocycles. The highest BCUT2D eigenvalue weighted by Crippen LogP contribution is 2.37. The average Bonchev–Trinajstić information content (AvgIpc) is 2.53. The van der Waals surface area contributed by atoms with Crippen molar-refractivity contribution >= 4 is 17.0 Å². The van der Waals surface area contributed by atoms with Gasteiger partial charge in [-0.05, 0) is 51.4 Å². The van der Waals surface area contributed by atoms with E-state index in [1.54, 1.807) is 14.2 Å². The van der Waals surface area contributed by atoms with Gasteiger partial charge in [0.2, 0.25) is 0 Å². The molecule has 0 amide bonds. The number of halogens is 1. The lowest BCUT2D eigenvalue weighted by molar-refractivity contribution is 0.217. The summed E-state index contributed by atoms with van der Waals surface area (Å²) in [4.78, 5) is 2.37. The quantitative estimate of drug-likeness (QED) is 0.722. The molecule has 0 saturated carbocycles. The minimum Gasteiger partial charge on any atom is -0.496 e. The Morgan fingerprint density at radius 1 is 1.23 bits per heavy atom. The van der Waals surface area contributed by atoms with Gasteiger partial charge in [0.15, 0.2) is 0 Å². The van der Waals surface area contributed by atoms with Crippen LogP contribution in [0.1, 0.15) is 30.4 Å². The maximum Gasteiger partial charge on any atom is 0.122 e. The third kappa shape index (κ3) is 4.15. The van der Waals surface area contributed by atoms with Crippen LogP contribution in [0.25, 0.3) is 0 Å². The van der Waals surface area contributed by atoms with Gasteiger partial charge >= 0.3 is 0 Å². The van der Waals surface area contributed by atoms with Crippen LogP contribution < -0.4 is 9.47 Å². The first-order valence-corrected chi connectivity index (χ1v) is 7.51. The number of nitrogens with zero attached hydrogens (tertiary/aromatic N) is 2. The van der Waals surface area contributed by atoms with E-state index in [1.165, 1.54) is 11.1 Å². The number of benzene rings is 1. The lowest BCUT2D eigenvalue weighted by Gasteiger charge is -2.33. The van der Waals surface area contributed by atoms with Crippen molar-refractivity contribution in [3.8, 4) is 17.6 Å². The first kappa shape index (κ1) is 18.8. The zero-order valence-electron chi connectivity index (χ0n) is 13.6. The Hall–Kier alpha value is -1.25. The van der Waals surface area contributed by atoms with E-state index in [1.807, 2.05) is 12.1 Å². The first-order valence-electron chi connectivity index (χ1n) is 7.51. The van der Waals surface area contributed by atoms with Crippen molar-refractivity contribution in [2.75, 3.05) is 27.8 Å². The molecule has 4 nitrogen and oxygen atoms in total. The third-order valence-corrected chi connectivity index (χ3v) is 4.38. The van der Waals surface area contributed by atoms with Gasteiger partial charge in [-0.2, -0.15) is 5.26 Å². The lowest BCUT2D eigenvalue weighted by Crippen LogP contribution is -2.37. The number of ether oxygens (including phenoxy) is 2. The van der Waals surface area contributed by atoms with Crippen molar-refractivity contribution in [3.63, 3.8) is 0 Å². The fourth-order valence-corrected chi connectivity index (χ4v) is 3.15. The zero-order chi connectivity index (χ0) is 15.2. The Morgan fingerprint density at radius 3 is 2.45 bits per heavy atom. The molecule has 22 heavy (non-hydrogen) atoms. The van der Waals surface area contributed by atoms with Gasteiger partial charge in [0.1, 0.15) is 11.5 Å². The predicted octanol–water partition coefficient (Wildman–Crippen LogP) is 3.37. The summed E-state index contributed by atoms with van der Waals surface area (Å²) in [5, 5.41) is 8.65. The molecule has 1 aromatic rings. The minimum atomic E-state index is 0. The van der Waals surface area contributed by atoms with E-state index in [2.05, 4.69) is 18.0 Å². The zero-order valence-corrected chi connectivity index (χ0v) is 15.3. The number of rotatable bonds is 6. The maximum absolute atomic E-state index is 8.65. The van der Waals surface area contributed by atoms with E-state index >= 15 is 0 Å². The molecule has 0 heterocycles. The second-order valence-electron chi connectivity index (χ2n) is 5.57. The average molecular weight is 369 g/mol. The number of methoxy groups -OCH3 is 2. The third-order valence-electron chi connectivity index (χ3n) is 4.38. The molecule has 122 valence electrons. The topological polar surface area (TPSA) is 45.5 Å². The molecule has 5 heteroatoms. The molecule has 1 aliphatic rings. The summed E-state index contributed by atoms with van der Waals surface area (Å²) in [6.45, 7) is 0.972.